The summed E-state index contributed by atoms with van der Waals surface area (Å²) in [5.41, 5.74) is 9.37. The molecule has 0 spiro atoms. The lowest BCUT2D eigenvalue weighted by atomic mass is 9.79. The van der Waals surface area contributed by atoms with E-state index < -0.39 is 0 Å². The van der Waals surface area contributed by atoms with Crippen molar-refractivity contribution in [2.75, 3.05) is 11.4 Å². The number of hydrazine groups is 1. The van der Waals surface area contributed by atoms with Gasteiger partial charge in [0.1, 0.15) is 23.6 Å². The molecule has 0 amide bonds. The van der Waals surface area contributed by atoms with Crippen LogP contribution in [0.15, 0.2) is 16.8 Å². The third-order valence-corrected chi connectivity index (χ3v) is 8.10. The molecule has 0 radical (unpaired) electrons. The van der Waals surface area contributed by atoms with Crippen molar-refractivity contribution in [1.29, 1.82) is 0 Å². The van der Waals surface area contributed by atoms with Crippen LogP contribution in [0.1, 0.15) is 86.9 Å². The molecule has 4 atom stereocenters. The summed E-state index contributed by atoms with van der Waals surface area (Å²) in [4.78, 5) is 16.4. The van der Waals surface area contributed by atoms with E-state index in [0.29, 0.717) is 24.0 Å². The van der Waals surface area contributed by atoms with Gasteiger partial charge in [-0.05, 0) is 51.9 Å². The first-order chi connectivity index (χ1) is 15.6. The highest BCUT2D eigenvalue weighted by atomic mass is 16.5. The lowest BCUT2D eigenvalue weighted by Gasteiger charge is -2.34. The Morgan fingerprint density at radius 1 is 1.16 bits per heavy atom. The predicted octanol–water partition coefficient (Wildman–Crippen LogP) is 3.16. The number of nitrogens with one attached hydrogen (secondary N) is 2. The molecule has 2 aromatic heterocycles. The molecule has 4 fully saturated rings. The number of hydrogen-bond donors (Lipinski definition) is 2. The van der Waals surface area contributed by atoms with Gasteiger partial charge < -0.3 is 14.1 Å². The quantitative estimate of drug-likeness (QED) is 0.739. The predicted molar refractivity (Wildman–Crippen MR) is 118 cm³/mol. The Morgan fingerprint density at radius 3 is 2.91 bits per heavy atom. The second kappa shape index (κ2) is 7.23. The Bertz CT molecular complexity index is 1020. The third kappa shape index (κ3) is 3.53. The van der Waals surface area contributed by atoms with E-state index in [4.69, 9.17) is 14.1 Å². The highest BCUT2D eigenvalue weighted by molar-refractivity contribution is 5.42. The fourth-order valence-electron chi connectivity index (χ4n) is 5.74. The minimum atomic E-state index is 0.141. The van der Waals surface area contributed by atoms with Crippen LogP contribution in [0.4, 0.5) is 5.82 Å². The minimum absolute atomic E-state index is 0.141. The van der Waals surface area contributed by atoms with Gasteiger partial charge in [-0.15, -0.1) is 0 Å². The van der Waals surface area contributed by atoms with Crippen molar-refractivity contribution in [2.24, 2.45) is 5.92 Å². The summed E-state index contributed by atoms with van der Waals surface area (Å²) in [5, 5.41) is 0. The van der Waals surface area contributed by atoms with Crippen molar-refractivity contribution in [3.63, 3.8) is 0 Å². The summed E-state index contributed by atoms with van der Waals surface area (Å²) in [6, 6.07) is 2.84. The monoisotopic (exact) mass is 436 g/mol. The van der Waals surface area contributed by atoms with Gasteiger partial charge in [-0.25, -0.2) is 20.4 Å². The smallest absolute Gasteiger partial charge is 0.197 e. The zero-order valence-corrected chi connectivity index (χ0v) is 18.7. The Labute approximate surface area is 188 Å². The van der Waals surface area contributed by atoms with Gasteiger partial charge in [0.15, 0.2) is 5.89 Å². The molecule has 4 heterocycles. The van der Waals surface area contributed by atoms with Crippen molar-refractivity contribution in [1.82, 2.24) is 25.8 Å². The van der Waals surface area contributed by atoms with Gasteiger partial charge in [0.25, 0.3) is 0 Å². The molecule has 32 heavy (non-hydrogen) atoms. The molecule has 4 unspecified atom stereocenters. The number of ether oxygens (including phenoxy) is 1. The summed E-state index contributed by atoms with van der Waals surface area (Å²) < 4.78 is 12.5. The fourth-order valence-corrected chi connectivity index (χ4v) is 5.74. The van der Waals surface area contributed by atoms with E-state index in [1.807, 2.05) is 0 Å². The second-order valence-electron chi connectivity index (χ2n) is 10.7. The molecule has 8 nitrogen and oxygen atoms in total. The van der Waals surface area contributed by atoms with E-state index in [9.17, 15) is 0 Å². The van der Waals surface area contributed by atoms with E-state index in [1.165, 1.54) is 25.7 Å². The first kappa shape index (κ1) is 19.4. The van der Waals surface area contributed by atoms with Crippen molar-refractivity contribution in [2.45, 2.75) is 94.5 Å². The molecule has 3 saturated carbocycles. The first-order valence-corrected chi connectivity index (χ1v) is 12.4. The molecule has 5 aliphatic rings. The summed E-state index contributed by atoms with van der Waals surface area (Å²) in [6.07, 6.45) is 11.2. The first-order valence-electron chi connectivity index (χ1n) is 12.4. The number of aromatic nitrogens is 3. The van der Waals surface area contributed by atoms with Gasteiger partial charge >= 0.3 is 0 Å². The van der Waals surface area contributed by atoms with Crippen LogP contribution in [0.5, 0.6) is 0 Å². The van der Waals surface area contributed by atoms with E-state index in [1.54, 1.807) is 6.33 Å². The summed E-state index contributed by atoms with van der Waals surface area (Å²) in [7, 11) is 0. The second-order valence-corrected chi connectivity index (χ2v) is 10.7. The number of nitrogens with zero attached hydrogens (tertiary/aromatic N) is 4. The molecule has 2 N–H and O–H groups in total. The van der Waals surface area contributed by atoms with Crippen LogP contribution in [0.25, 0.3) is 0 Å². The molecule has 7 rings (SSSR count). The number of rotatable bonds is 5. The molecule has 8 heteroatoms. The van der Waals surface area contributed by atoms with Gasteiger partial charge in [0, 0.05) is 36.9 Å². The highest BCUT2D eigenvalue weighted by Gasteiger charge is 2.46. The normalized spacial score (nSPS) is 33.1. The average molecular weight is 437 g/mol. The molecule has 0 bridgehead atoms. The zero-order chi connectivity index (χ0) is 21.3. The maximum absolute atomic E-state index is 6.45. The summed E-state index contributed by atoms with van der Waals surface area (Å²) in [5.74, 6) is 4.04. The van der Waals surface area contributed by atoms with Crippen LogP contribution in [0.2, 0.25) is 0 Å². The molecule has 3 aliphatic carbocycles. The Hall–Kier alpha value is -2.03. The van der Waals surface area contributed by atoms with E-state index in [2.05, 4.69) is 38.7 Å². The molecule has 2 aliphatic heterocycles. The largest absolute Gasteiger partial charge is 0.445 e. The van der Waals surface area contributed by atoms with Crippen molar-refractivity contribution < 1.29 is 9.15 Å². The number of anilines is 1. The Kier molecular flexibility index (Phi) is 4.40. The van der Waals surface area contributed by atoms with E-state index in [0.717, 1.165) is 67.6 Å². The molecule has 0 aromatic carbocycles. The van der Waals surface area contributed by atoms with Gasteiger partial charge in [-0.2, -0.15) is 0 Å². The number of oxazole rings is 1. The van der Waals surface area contributed by atoms with Gasteiger partial charge in [-0.1, -0.05) is 0 Å². The topological polar surface area (TPSA) is 88.3 Å². The lowest BCUT2D eigenvalue weighted by molar-refractivity contribution is -0.0500. The van der Waals surface area contributed by atoms with Gasteiger partial charge in [-0.3, -0.25) is 5.43 Å². The summed E-state index contributed by atoms with van der Waals surface area (Å²) in [6.45, 7) is 3.92. The van der Waals surface area contributed by atoms with Crippen LogP contribution in [-0.4, -0.2) is 39.2 Å². The van der Waals surface area contributed by atoms with Crippen LogP contribution in [-0.2, 0) is 17.7 Å². The Balaban J connectivity index is 1.08. The SMILES string of the molecule is CC1(OC2CCC3NNC(c4cc(N5CCc6oc(C7CC7)nc6C5)ncn4)C3C2)CC1. The fraction of sp³-hybridized carbons (Fsp3) is 0.708. The van der Waals surface area contributed by atoms with Crippen LogP contribution >= 0.6 is 0 Å². The highest BCUT2D eigenvalue weighted by Crippen LogP contribution is 2.45. The number of fused-ring (bicyclic) bond motifs is 2. The Morgan fingerprint density at radius 2 is 2.06 bits per heavy atom. The van der Waals surface area contributed by atoms with Crippen molar-refractivity contribution in [3.05, 3.63) is 35.4 Å². The maximum atomic E-state index is 6.45. The van der Waals surface area contributed by atoms with Crippen LogP contribution in [0.3, 0.4) is 0 Å². The van der Waals surface area contributed by atoms with E-state index in [-0.39, 0.29) is 11.6 Å². The lowest BCUT2D eigenvalue weighted by Crippen LogP contribution is -2.38. The van der Waals surface area contributed by atoms with E-state index >= 15 is 0 Å². The van der Waals surface area contributed by atoms with Gasteiger partial charge in [0.2, 0.25) is 0 Å². The standard InChI is InChI=1S/C24H32N6O2/c1-24(7-8-24)32-15-4-5-17-16(10-15)22(29-28-17)18-11-21(26-13-25-18)30-9-6-20-19(12-30)27-23(31-20)14-2-3-14/h11,13-17,22,28-29H,2-10,12H2,1H3. The molecule has 170 valence electrons. The minimum Gasteiger partial charge on any atom is -0.445 e. The van der Waals surface area contributed by atoms with Gasteiger partial charge in [0.05, 0.1) is 30.0 Å². The number of hydrogen-bond acceptors (Lipinski definition) is 8. The molecule has 1 saturated heterocycles. The van der Waals surface area contributed by atoms with Crippen LogP contribution < -0.4 is 15.8 Å². The maximum Gasteiger partial charge on any atom is 0.197 e. The van der Waals surface area contributed by atoms with Crippen molar-refractivity contribution >= 4 is 5.82 Å². The zero-order valence-electron chi connectivity index (χ0n) is 18.7. The molecular weight excluding hydrogens is 404 g/mol. The van der Waals surface area contributed by atoms with Crippen LogP contribution in [0, 0.1) is 5.92 Å². The summed E-state index contributed by atoms with van der Waals surface area (Å²) >= 11 is 0. The third-order valence-electron chi connectivity index (χ3n) is 8.10. The van der Waals surface area contributed by atoms with Crippen molar-refractivity contribution in [3.8, 4) is 0 Å². The molecule has 2 aromatic rings. The average Bonchev–Trinajstić information content (AvgIpc) is 3.70. The molecular formula is C24H32N6O2.